The minimum Gasteiger partial charge on any atom is -0.477 e. The molecule has 0 unspecified atom stereocenters. The van der Waals surface area contributed by atoms with Gasteiger partial charge >= 0.3 is 5.97 Å². The first kappa shape index (κ1) is 12.6. The number of aromatic carboxylic acids is 1. The van der Waals surface area contributed by atoms with Crippen molar-refractivity contribution < 1.29 is 9.90 Å². The molecule has 2 rings (SSSR count). The fourth-order valence-electron chi connectivity index (χ4n) is 2.44. The third-order valence-electron chi connectivity index (χ3n) is 3.64. The average molecular weight is 253 g/mol. The van der Waals surface area contributed by atoms with Crippen LogP contribution in [0.15, 0.2) is 6.07 Å². The van der Waals surface area contributed by atoms with E-state index in [-0.39, 0.29) is 5.54 Å². The molecule has 3 nitrogen and oxygen atoms in total. The first-order chi connectivity index (χ1) is 8.00. The fourth-order valence-corrected chi connectivity index (χ4v) is 3.32. The molecule has 0 aliphatic heterocycles. The molecule has 4 heteroatoms. The Balaban J connectivity index is 2.01. The molecule has 1 saturated carbocycles. The summed E-state index contributed by atoms with van der Waals surface area (Å²) in [5.74, 6) is -0.823. The van der Waals surface area contributed by atoms with E-state index in [9.17, 15) is 4.79 Å². The Hall–Kier alpha value is -0.870. The predicted octanol–water partition coefficient (Wildman–Crippen LogP) is 3.18. The van der Waals surface area contributed by atoms with Gasteiger partial charge in [-0.25, -0.2) is 4.79 Å². The molecule has 1 fully saturated rings. The Morgan fingerprint density at radius 3 is 2.71 bits per heavy atom. The molecule has 0 radical (unpaired) electrons. The van der Waals surface area contributed by atoms with Crippen molar-refractivity contribution in [3.05, 3.63) is 21.4 Å². The quantitative estimate of drug-likeness (QED) is 0.866. The first-order valence-electron chi connectivity index (χ1n) is 6.08. The molecule has 94 valence electrons. The summed E-state index contributed by atoms with van der Waals surface area (Å²) < 4.78 is 0. The molecule has 0 aromatic carbocycles. The Labute approximate surface area is 106 Å². The number of hydrogen-bond acceptors (Lipinski definition) is 3. The van der Waals surface area contributed by atoms with Gasteiger partial charge in [0.1, 0.15) is 4.88 Å². The van der Waals surface area contributed by atoms with Gasteiger partial charge in [0.25, 0.3) is 0 Å². The SMILES string of the molecule is Cc1sc(C(=O)O)cc1CNC1(C)CCCC1. The zero-order chi connectivity index (χ0) is 12.5. The summed E-state index contributed by atoms with van der Waals surface area (Å²) in [6.45, 7) is 5.04. The van der Waals surface area contributed by atoms with Crippen molar-refractivity contribution in [2.24, 2.45) is 0 Å². The van der Waals surface area contributed by atoms with E-state index in [2.05, 4.69) is 12.2 Å². The van der Waals surface area contributed by atoms with Gasteiger partial charge < -0.3 is 10.4 Å². The van der Waals surface area contributed by atoms with Gasteiger partial charge in [-0.3, -0.25) is 0 Å². The van der Waals surface area contributed by atoms with Crippen LogP contribution in [0.5, 0.6) is 0 Å². The van der Waals surface area contributed by atoms with Gasteiger partial charge in [0, 0.05) is 17.0 Å². The highest BCUT2D eigenvalue weighted by Gasteiger charge is 2.27. The van der Waals surface area contributed by atoms with E-state index < -0.39 is 5.97 Å². The van der Waals surface area contributed by atoms with E-state index >= 15 is 0 Å². The molecule has 1 aliphatic carbocycles. The molecule has 2 N–H and O–H groups in total. The Kier molecular flexibility index (Phi) is 3.54. The van der Waals surface area contributed by atoms with Gasteiger partial charge in [0.05, 0.1) is 0 Å². The Morgan fingerprint density at radius 2 is 2.18 bits per heavy atom. The Morgan fingerprint density at radius 1 is 1.53 bits per heavy atom. The van der Waals surface area contributed by atoms with Crippen molar-refractivity contribution >= 4 is 17.3 Å². The maximum absolute atomic E-state index is 10.9. The number of thiophene rings is 1. The van der Waals surface area contributed by atoms with Crippen LogP contribution in [0, 0.1) is 6.92 Å². The van der Waals surface area contributed by atoms with Crippen LogP contribution >= 0.6 is 11.3 Å². The van der Waals surface area contributed by atoms with Gasteiger partial charge in [-0.2, -0.15) is 0 Å². The van der Waals surface area contributed by atoms with Crippen molar-refractivity contribution in [1.29, 1.82) is 0 Å². The molecule has 0 amide bonds. The largest absolute Gasteiger partial charge is 0.477 e. The highest BCUT2D eigenvalue weighted by Crippen LogP contribution is 2.30. The minimum atomic E-state index is -0.823. The summed E-state index contributed by atoms with van der Waals surface area (Å²) in [7, 11) is 0. The van der Waals surface area contributed by atoms with Crippen molar-refractivity contribution in [3.63, 3.8) is 0 Å². The molecule has 0 bridgehead atoms. The van der Waals surface area contributed by atoms with E-state index in [0.29, 0.717) is 4.88 Å². The first-order valence-corrected chi connectivity index (χ1v) is 6.89. The molecule has 1 aliphatic rings. The predicted molar refractivity (Wildman–Crippen MR) is 69.7 cm³/mol. The third kappa shape index (κ3) is 2.87. The summed E-state index contributed by atoms with van der Waals surface area (Å²) in [6.07, 6.45) is 5.04. The molecular weight excluding hydrogens is 234 g/mol. The summed E-state index contributed by atoms with van der Waals surface area (Å²) in [4.78, 5) is 12.4. The fraction of sp³-hybridized carbons (Fsp3) is 0.615. The number of nitrogens with one attached hydrogen (secondary N) is 1. The van der Waals surface area contributed by atoms with Crippen LogP contribution in [0.1, 0.15) is 52.7 Å². The molecule has 0 spiro atoms. The van der Waals surface area contributed by atoms with Crippen LogP contribution in [0.25, 0.3) is 0 Å². The number of carbonyl (C=O) groups is 1. The van der Waals surface area contributed by atoms with E-state index in [1.807, 2.05) is 6.92 Å². The second-order valence-electron chi connectivity index (χ2n) is 5.12. The summed E-state index contributed by atoms with van der Waals surface area (Å²) in [5.41, 5.74) is 1.37. The molecule has 1 aromatic rings. The van der Waals surface area contributed by atoms with Gasteiger partial charge in [-0.1, -0.05) is 12.8 Å². The topological polar surface area (TPSA) is 49.3 Å². The zero-order valence-corrected chi connectivity index (χ0v) is 11.2. The minimum absolute atomic E-state index is 0.248. The number of carboxylic acid groups (broad SMARTS) is 1. The molecule has 1 heterocycles. The van der Waals surface area contributed by atoms with Crippen LogP contribution < -0.4 is 5.32 Å². The molecule has 1 aromatic heterocycles. The average Bonchev–Trinajstić information content (AvgIpc) is 2.83. The van der Waals surface area contributed by atoms with Gasteiger partial charge in [0.15, 0.2) is 0 Å². The van der Waals surface area contributed by atoms with Gasteiger partial charge in [0.2, 0.25) is 0 Å². The van der Waals surface area contributed by atoms with Crippen molar-refractivity contribution in [2.75, 3.05) is 0 Å². The number of hydrogen-bond donors (Lipinski definition) is 2. The third-order valence-corrected chi connectivity index (χ3v) is 4.72. The molecule has 17 heavy (non-hydrogen) atoms. The standard InChI is InChI=1S/C13H19NO2S/c1-9-10(7-11(17-9)12(15)16)8-14-13(2)5-3-4-6-13/h7,14H,3-6,8H2,1-2H3,(H,15,16). The smallest absolute Gasteiger partial charge is 0.345 e. The molecule has 0 saturated heterocycles. The lowest BCUT2D eigenvalue weighted by molar-refractivity contribution is 0.0702. The normalized spacial score (nSPS) is 18.5. The number of rotatable bonds is 4. The highest BCUT2D eigenvalue weighted by atomic mass is 32.1. The summed E-state index contributed by atoms with van der Waals surface area (Å²) in [5, 5.41) is 12.5. The van der Waals surface area contributed by atoms with Crippen molar-refractivity contribution in [3.8, 4) is 0 Å². The second kappa shape index (κ2) is 4.78. The maximum atomic E-state index is 10.9. The summed E-state index contributed by atoms with van der Waals surface area (Å²) >= 11 is 1.36. The van der Waals surface area contributed by atoms with Crippen LogP contribution in [0.4, 0.5) is 0 Å². The highest BCUT2D eigenvalue weighted by molar-refractivity contribution is 7.14. The van der Waals surface area contributed by atoms with Gasteiger partial charge in [-0.15, -0.1) is 11.3 Å². The van der Waals surface area contributed by atoms with E-state index in [1.165, 1.54) is 37.0 Å². The lowest BCUT2D eigenvalue weighted by atomic mass is 10.0. The Bertz CT molecular complexity index is 419. The maximum Gasteiger partial charge on any atom is 0.345 e. The summed E-state index contributed by atoms with van der Waals surface area (Å²) in [6, 6.07) is 1.80. The monoisotopic (exact) mass is 253 g/mol. The lowest BCUT2D eigenvalue weighted by Gasteiger charge is -2.25. The lowest BCUT2D eigenvalue weighted by Crippen LogP contribution is -2.38. The van der Waals surface area contributed by atoms with Crippen molar-refractivity contribution in [2.45, 2.75) is 51.6 Å². The van der Waals surface area contributed by atoms with E-state index in [1.54, 1.807) is 6.07 Å². The van der Waals surface area contributed by atoms with Crippen LogP contribution in [-0.4, -0.2) is 16.6 Å². The second-order valence-corrected chi connectivity index (χ2v) is 6.37. The number of carboxylic acids is 1. The number of aryl methyl sites for hydroxylation is 1. The van der Waals surface area contributed by atoms with E-state index in [0.717, 1.165) is 17.0 Å². The van der Waals surface area contributed by atoms with E-state index in [4.69, 9.17) is 5.11 Å². The van der Waals surface area contributed by atoms with Gasteiger partial charge in [-0.05, 0) is 38.3 Å². The van der Waals surface area contributed by atoms with Crippen LogP contribution in [0.2, 0.25) is 0 Å². The molecule has 0 atom stereocenters. The van der Waals surface area contributed by atoms with Crippen LogP contribution in [0.3, 0.4) is 0 Å². The van der Waals surface area contributed by atoms with Crippen LogP contribution in [-0.2, 0) is 6.54 Å². The zero-order valence-electron chi connectivity index (χ0n) is 10.4. The molecular formula is C13H19NO2S. The van der Waals surface area contributed by atoms with Crippen molar-refractivity contribution in [1.82, 2.24) is 5.32 Å².